The maximum atomic E-state index is 13.1. The molecule has 0 aliphatic heterocycles. The van der Waals surface area contributed by atoms with Gasteiger partial charge in [0.25, 0.3) is 12.3 Å². The number of nitrogens with two attached hydrogens (primary N) is 1. The minimum absolute atomic E-state index is 0.0436. The van der Waals surface area contributed by atoms with Crippen molar-refractivity contribution in [1.29, 1.82) is 0 Å². The molecule has 0 amide bonds. The van der Waals surface area contributed by atoms with E-state index < -0.39 is 18.8 Å². The number of rotatable bonds is 6. The second kappa shape index (κ2) is 6.38. The van der Waals surface area contributed by atoms with Gasteiger partial charge in [0.05, 0.1) is 12.2 Å². The predicted octanol–water partition coefficient (Wildman–Crippen LogP) is 2.28. The largest absolute Gasteiger partial charge is 0.398 e. The number of nitrogens with zero attached hydrogens (tertiary/aromatic N) is 2. The summed E-state index contributed by atoms with van der Waals surface area (Å²) >= 11 is 0. The van der Waals surface area contributed by atoms with Crippen molar-refractivity contribution in [3.63, 3.8) is 0 Å². The maximum Gasteiger partial charge on any atom is 0.261 e. The Labute approximate surface area is 112 Å². The van der Waals surface area contributed by atoms with Gasteiger partial charge in [0.2, 0.25) is 0 Å². The van der Waals surface area contributed by atoms with Gasteiger partial charge in [-0.1, -0.05) is 5.16 Å². The van der Waals surface area contributed by atoms with Crippen LogP contribution in [0.3, 0.4) is 0 Å². The Balaban J connectivity index is 2.00. The van der Waals surface area contributed by atoms with E-state index in [1.807, 2.05) is 0 Å². The van der Waals surface area contributed by atoms with Gasteiger partial charge in [0.1, 0.15) is 12.4 Å². The Morgan fingerprint density at radius 2 is 2.15 bits per heavy atom. The molecule has 0 radical (unpaired) electrons. The Kier molecular flexibility index (Phi) is 4.57. The van der Waals surface area contributed by atoms with Crippen molar-refractivity contribution in [2.75, 3.05) is 18.9 Å². The Morgan fingerprint density at radius 3 is 2.90 bits per heavy atom. The van der Waals surface area contributed by atoms with Crippen LogP contribution >= 0.6 is 0 Å². The molecule has 0 spiro atoms. The zero-order valence-corrected chi connectivity index (χ0v) is 10.4. The first-order valence-electron chi connectivity index (χ1n) is 5.80. The van der Waals surface area contributed by atoms with Gasteiger partial charge in [-0.3, -0.25) is 0 Å². The molecule has 2 N–H and O–H groups in total. The fraction of sp³-hybridized carbons (Fsp3) is 0.333. The SMILES string of the molecule is Nc1ccc(F)cc1-c1nc(CCOCC(F)F)no1. The lowest BCUT2D eigenvalue weighted by molar-refractivity contribution is 0.0182. The molecule has 0 fully saturated rings. The molecule has 2 rings (SSSR count). The van der Waals surface area contributed by atoms with E-state index in [4.69, 9.17) is 15.0 Å². The van der Waals surface area contributed by atoms with Crippen LogP contribution in [0, 0.1) is 5.82 Å². The highest BCUT2D eigenvalue weighted by atomic mass is 19.3. The molecule has 0 aliphatic rings. The first-order chi connectivity index (χ1) is 9.56. The van der Waals surface area contributed by atoms with Crippen molar-refractivity contribution >= 4 is 5.69 Å². The lowest BCUT2D eigenvalue weighted by atomic mass is 10.2. The zero-order valence-electron chi connectivity index (χ0n) is 10.4. The van der Waals surface area contributed by atoms with Crippen molar-refractivity contribution in [2.45, 2.75) is 12.8 Å². The molecule has 8 heteroatoms. The molecule has 5 nitrogen and oxygen atoms in total. The van der Waals surface area contributed by atoms with Crippen molar-refractivity contribution in [3.05, 3.63) is 29.8 Å². The van der Waals surface area contributed by atoms with E-state index in [2.05, 4.69) is 10.1 Å². The number of anilines is 1. The lowest BCUT2D eigenvalue weighted by Crippen LogP contribution is -2.07. The van der Waals surface area contributed by atoms with Crippen LogP contribution in [0.5, 0.6) is 0 Å². The van der Waals surface area contributed by atoms with Gasteiger partial charge in [-0.05, 0) is 18.2 Å². The summed E-state index contributed by atoms with van der Waals surface area (Å²) in [6.07, 6.45) is -2.30. The Bertz CT molecular complexity index is 575. The van der Waals surface area contributed by atoms with Gasteiger partial charge in [0.15, 0.2) is 5.82 Å². The third-order valence-electron chi connectivity index (χ3n) is 2.43. The monoisotopic (exact) mass is 287 g/mol. The third-order valence-corrected chi connectivity index (χ3v) is 2.43. The van der Waals surface area contributed by atoms with Crippen LogP contribution in [0.15, 0.2) is 22.7 Å². The summed E-state index contributed by atoms with van der Waals surface area (Å²) in [6, 6.07) is 3.79. The first kappa shape index (κ1) is 14.3. The van der Waals surface area contributed by atoms with Crippen molar-refractivity contribution in [1.82, 2.24) is 10.1 Å². The highest BCUT2D eigenvalue weighted by Gasteiger charge is 2.13. The lowest BCUT2D eigenvalue weighted by Gasteiger charge is -2.00. The van der Waals surface area contributed by atoms with E-state index >= 15 is 0 Å². The summed E-state index contributed by atoms with van der Waals surface area (Å²) in [5.74, 6) is -0.127. The molecule has 2 aromatic rings. The number of benzene rings is 1. The first-order valence-corrected chi connectivity index (χ1v) is 5.80. The molecular weight excluding hydrogens is 275 g/mol. The summed E-state index contributed by atoms with van der Waals surface area (Å²) < 4.78 is 46.5. The average Bonchev–Trinajstić information content (AvgIpc) is 2.86. The van der Waals surface area contributed by atoms with Gasteiger partial charge >= 0.3 is 0 Å². The van der Waals surface area contributed by atoms with E-state index in [-0.39, 0.29) is 30.3 Å². The molecule has 1 aromatic carbocycles. The van der Waals surface area contributed by atoms with Crippen LogP contribution in [-0.2, 0) is 11.2 Å². The molecule has 108 valence electrons. The normalized spacial score (nSPS) is 11.2. The molecule has 0 bridgehead atoms. The van der Waals surface area contributed by atoms with Gasteiger partial charge in [0, 0.05) is 12.1 Å². The number of aromatic nitrogens is 2. The second-order valence-corrected chi connectivity index (χ2v) is 3.96. The minimum Gasteiger partial charge on any atom is -0.398 e. The van der Waals surface area contributed by atoms with E-state index in [0.29, 0.717) is 5.69 Å². The zero-order chi connectivity index (χ0) is 14.5. The van der Waals surface area contributed by atoms with Crippen molar-refractivity contribution < 1.29 is 22.4 Å². The topological polar surface area (TPSA) is 74.2 Å². The van der Waals surface area contributed by atoms with Crippen LogP contribution < -0.4 is 5.73 Å². The number of halogens is 3. The number of hydrogen-bond donors (Lipinski definition) is 1. The molecule has 0 aliphatic carbocycles. The number of hydrogen-bond acceptors (Lipinski definition) is 5. The van der Waals surface area contributed by atoms with Crippen molar-refractivity contribution in [3.8, 4) is 11.5 Å². The van der Waals surface area contributed by atoms with Crippen LogP contribution in [0.2, 0.25) is 0 Å². The summed E-state index contributed by atoms with van der Waals surface area (Å²) in [4.78, 5) is 4.01. The molecule has 1 aromatic heterocycles. The second-order valence-electron chi connectivity index (χ2n) is 3.96. The smallest absolute Gasteiger partial charge is 0.261 e. The number of ether oxygens (including phenoxy) is 1. The Hall–Kier alpha value is -2.09. The third kappa shape index (κ3) is 3.70. The van der Waals surface area contributed by atoms with Gasteiger partial charge in [-0.15, -0.1) is 0 Å². The predicted molar refractivity (Wildman–Crippen MR) is 64.6 cm³/mol. The number of alkyl halides is 2. The van der Waals surface area contributed by atoms with Gasteiger partial charge < -0.3 is 15.0 Å². The van der Waals surface area contributed by atoms with Gasteiger partial charge in [-0.2, -0.15) is 4.98 Å². The fourth-order valence-corrected chi connectivity index (χ4v) is 1.51. The molecule has 0 unspecified atom stereocenters. The van der Waals surface area contributed by atoms with E-state index in [9.17, 15) is 13.2 Å². The molecule has 20 heavy (non-hydrogen) atoms. The number of nitrogen functional groups attached to an aromatic ring is 1. The molecule has 0 saturated carbocycles. The molecule has 0 atom stereocenters. The summed E-state index contributed by atoms with van der Waals surface area (Å²) in [7, 11) is 0. The Morgan fingerprint density at radius 1 is 1.35 bits per heavy atom. The average molecular weight is 287 g/mol. The molecule has 1 heterocycles. The highest BCUT2D eigenvalue weighted by molar-refractivity contribution is 5.70. The van der Waals surface area contributed by atoms with E-state index in [0.717, 1.165) is 0 Å². The minimum atomic E-state index is -2.51. The maximum absolute atomic E-state index is 13.1. The summed E-state index contributed by atoms with van der Waals surface area (Å²) in [5.41, 5.74) is 6.27. The van der Waals surface area contributed by atoms with Crippen LogP contribution in [0.25, 0.3) is 11.5 Å². The molecular formula is C12H12F3N3O2. The standard InChI is InChI=1S/C12H12F3N3O2/c13-7-1-2-9(16)8(5-7)12-17-11(18-20-12)3-4-19-6-10(14)15/h1-2,5,10H,3-4,6,16H2. The summed E-state index contributed by atoms with van der Waals surface area (Å²) in [6.45, 7) is -0.594. The fourth-order valence-electron chi connectivity index (χ4n) is 1.51. The molecule has 0 saturated heterocycles. The van der Waals surface area contributed by atoms with Crippen LogP contribution in [0.4, 0.5) is 18.9 Å². The van der Waals surface area contributed by atoms with E-state index in [1.54, 1.807) is 0 Å². The highest BCUT2D eigenvalue weighted by Crippen LogP contribution is 2.25. The van der Waals surface area contributed by atoms with Crippen LogP contribution in [0.1, 0.15) is 5.82 Å². The van der Waals surface area contributed by atoms with Crippen LogP contribution in [-0.4, -0.2) is 29.8 Å². The van der Waals surface area contributed by atoms with Crippen molar-refractivity contribution in [2.24, 2.45) is 0 Å². The van der Waals surface area contributed by atoms with Gasteiger partial charge in [-0.25, -0.2) is 13.2 Å². The summed E-state index contributed by atoms with van der Waals surface area (Å²) in [5, 5.41) is 3.65. The quantitative estimate of drug-likeness (QED) is 0.651. The van der Waals surface area contributed by atoms with E-state index in [1.165, 1.54) is 18.2 Å².